The van der Waals surface area contributed by atoms with E-state index >= 15 is 0 Å². The highest BCUT2D eigenvalue weighted by Crippen LogP contribution is 2.20. The second kappa shape index (κ2) is 8.60. The summed E-state index contributed by atoms with van der Waals surface area (Å²) in [7, 11) is 0. The SMILES string of the molecule is Cc1cc(C(=O)NC2CN(C(=O)CNC(=O)c3ccsc3)CC2C)c(F)cc1N. The molecule has 0 radical (unpaired) electrons. The summed E-state index contributed by atoms with van der Waals surface area (Å²) < 4.78 is 14.1. The van der Waals surface area contributed by atoms with Crippen LogP contribution in [0.1, 0.15) is 33.2 Å². The van der Waals surface area contributed by atoms with Gasteiger partial charge in [0.25, 0.3) is 11.8 Å². The zero-order valence-electron chi connectivity index (χ0n) is 16.2. The van der Waals surface area contributed by atoms with Gasteiger partial charge in [0.05, 0.1) is 18.2 Å². The first-order valence-corrected chi connectivity index (χ1v) is 10.1. The van der Waals surface area contributed by atoms with Crippen molar-refractivity contribution >= 4 is 34.7 Å². The van der Waals surface area contributed by atoms with Crippen molar-refractivity contribution < 1.29 is 18.8 Å². The number of nitrogens with zero attached hydrogens (tertiary/aromatic N) is 1. The van der Waals surface area contributed by atoms with Gasteiger partial charge < -0.3 is 21.3 Å². The highest BCUT2D eigenvalue weighted by Gasteiger charge is 2.34. The van der Waals surface area contributed by atoms with Crippen LogP contribution in [0.3, 0.4) is 0 Å². The van der Waals surface area contributed by atoms with Crippen LogP contribution in [0.5, 0.6) is 0 Å². The molecule has 0 saturated carbocycles. The molecule has 29 heavy (non-hydrogen) atoms. The Bertz CT molecular complexity index is 932. The van der Waals surface area contributed by atoms with Crippen LogP contribution in [0, 0.1) is 18.7 Å². The van der Waals surface area contributed by atoms with E-state index in [2.05, 4.69) is 10.6 Å². The lowest BCUT2D eigenvalue weighted by atomic mass is 10.0. The average Bonchev–Trinajstić information content (AvgIpc) is 3.33. The maximum absolute atomic E-state index is 14.1. The van der Waals surface area contributed by atoms with E-state index in [-0.39, 0.29) is 41.6 Å². The van der Waals surface area contributed by atoms with Crippen molar-refractivity contribution in [1.82, 2.24) is 15.5 Å². The number of carbonyl (C=O) groups is 3. The van der Waals surface area contributed by atoms with Crippen LogP contribution in [-0.2, 0) is 4.79 Å². The number of hydrogen-bond acceptors (Lipinski definition) is 5. The summed E-state index contributed by atoms with van der Waals surface area (Å²) in [4.78, 5) is 38.5. The van der Waals surface area contributed by atoms with Gasteiger partial charge in [-0.3, -0.25) is 14.4 Å². The molecule has 1 aliphatic heterocycles. The summed E-state index contributed by atoms with van der Waals surface area (Å²) in [5.74, 6) is -1.76. The second-order valence-corrected chi connectivity index (χ2v) is 8.02. The molecule has 1 aromatic heterocycles. The Labute approximate surface area is 172 Å². The molecule has 2 atom stereocenters. The van der Waals surface area contributed by atoms with Gasteiger partial charge >= 0.3 is 0 Å². The largest absolute Gasteiger partial charge is 0.398 e. The van der Waals surface area contributed by atoms with E-state index in [9.17, 15) is 18.8 Å². The molecule has 0 aliphatic carbocycles. The summed E-state index contributed by atoms with van der Waals surface area (Å²) >= 11 is 1.40. The van der Waals surface area contributed by atoms with E-state index in [1.807, 2.05) is 6.92 Å². The summed E-state index contributed by atoms with van der Waals surface area (Å²) in [6.45, 7) is 4.24. The van der Waals surface area contributed by atoms with Crippen LogP contribution >= 0.6 is 11.3 Å². The Morgan fingerprint density at radius 3 is 2.72 bits per heavy atom. The molecule has 9 heteroatoms. The van der Waals surface area contributed by atoms with Crippen LogP contribution in [0.25, 0.3) is 0 Å². The fourth-order valence-electron chi connectivity index (χ4n) is 3.24. The fraction of sp³-hybridized carbons (Fsp3) is 0.350. The number of anilines is 1. The van der Waals surface area contributed by atoms with Gasteiger partial charge in [0.15, 0.2) is 0 Å². The molecule has 4 N–H and O–H groups in total. The van der Waals surface area contributed by atoms with Gasteiger partial charge in [-0.05, 0) is 42.0 Å². The first-order valence-electron chi connectivity index (χ1n) is 9.21. The number of halogens is 1. The number of carbonyl (C=O) groups excluding carboxylic acids is 3. The number of nitrogens with two attached hydrogens (primary N) is 1. The number of nitrogen functional groups attached to an aromatic ring is 1. The van der Waals surface area contributed by atoms with E-state index < -0.39 is 11.7 Å². The molecule has 2 aromatic rings. The Hall–Kier alpha value is -2.94. The van der Waals surface area contributed by atoms with E-state index in [0.29, 0.717) is 24.2 Å². The Balaban J connectivity index is 1.56. The van der Waals surface area contributed by atoms with Gasteiger partial charge in [-0.15, -0.1) is 0 Å². The molecule has 0 bridgehead atoms. The minimum atomic E-state index is -0.680. The molecule has 2 heterocycles. The number of hydrogen-bond donors (Lipinski definition) is 3. The second-order valence-electron chi connectivity index (χ2n) is 7.24. The quantitative estimate of drug-likeness (QED) is 0.644. The first kappa shape index (κ1) is 20.8. The van der Waals surface area contributed by atoms with Crippen LogP contribution in [0.15, 0.2) is 29.0 Å². The molecule has 0 spiro atoms. The van der Waals surface area contributed by atoms with Gasteiger partial charge in [0.1, 0.15) is 5.82 Å². The van der Waals surface area contributed by atoms with Crippen LogP contribution in [0.4, 0.5) is 10.1 Å². The molecule has 1 aliphatic rings. The first-order chi connectivity index (χ1) is 13.8. The zero-order chi connectivity index (χ0) is 21.1. The predicted molar refractivity (Wildman–Crippen MR) is 109 cm³/mol. The predicted octanol–water partition coefficient (Wildman–Crippen LogP) is 1.78. The molecule has 1 aromatic carbocycles. The number of rotatable bonds is 5. The lowest BCUT2D eigenvalue weighted by Crippen LogP contribution is -2.42. The number of benzene rings is 1. The number of likely N-dealkylation sites (tertiary alicyclic amines) is 1. The Morgan fingerprint density at radius 2 is 2.03 bits per heavy atom. The third kappa shape index (κ3) is 4.73. The topological polar surface area (TPSA) is 105 Å². The van der Waals surface area contributed by atoms with Crippen LogP contribution in [-0.4, -0.2) is 48.3 Å². The van der Waals surface area contributed by atoms with Gasteiger partial charge in [-0.1, -0.05) is 6.92 Å². The summed E-state index contributed by atoms with van der Waals surface area (Å²) in [5, 5.41) is 8.91. The van der Waals surface area contributed by atoms with Gasteiger partial charge in [-0.25, -0.2) is 4.39 Å². The fourth-order valence-corrected chi connectivity index (χ4v) is 3.87. The van der Waals surface area contributed by atoms with E-state index in [4.69, 9.17) is 5.73 Å². The molecule has 1 fully saturated rings. The van der Waals surface area contributed by atoms with E-state index in [1.54, 1.807) is 28.7 Å². The third-order valence-corrected chi connectivity index (χ3v) is 5.75. The summed E-state index contributed by atoms with van der Waals surface area (Å²) in [6, 6.07) is 3.93. The molecule has 3 rings (SSSR count). The molecule has 3 amide bonds. The highest BCUT2D eigenvalue weighted by molar-refractivity contribution is 7.08. The number of nitrogens with one attached hydrogen (secondary N) is 2. The molecule has 1 saturated heterocycles. The molecule has 154 valence electrons. The average molecular weight is 418 g/mol. The Kier molecular flexibility index (Phi) is 6.17. The maximum atomic E-state index is 14.1. The van der Waals surface area contributed by atoms with Crippen LogP contribution in [0.2, 0.25) is 0 Å². The highest BCUT2D eigenvalue weighted by atomic mass is 32.1. The van der Waals surface area contributed by atoms with Gasteiger partial charge in [0, 0.05) is 29.7 Å². The Morgan fingerprint density at radius 1 is 1.28 bits per heavy atom. The van der Waals surface area contributed by atoms with Crippen molar-refractivity contribution in [2.24, 2.45) is 5.92 Å². The summed E-state index contributed by atoms with van der Waals surface area (Å²) in [6.07, 6.45) is 0. The van der Waals surface area contributed by atoms with Crippen molar-refractivity contribution in [2.45, 2.75) is 19.9 Å². The lowest BCUT2D eigenvalue weighted by Gasteiger charge is -2.18. The van der Waals surface area contributed by atoms with E-state index in [0.717, 1.165) is 6.07 Å². The van der Waals surface area contributed by atoms with Crippen molar-refractivity contribution in [3.63, 3.8) is 0 Å². The molecular weight excluding hydrogens is 395 g/mol. The van der Waals surface area contributed by atoms with Crippen molar-refractivity contribution in [3.05, 3.63) is 51.5 Å². The van der Waals surface area contributed by atoms with Gasteiger partial charge in [-0.2, -0.15) is 11.3 Å². The van der Waals surface area contributed by atoms with Crippen molar-refractivity contribution in [2.75, 3.05) is 25.4 Å². The number of aryl methyl sites for hydroxylation is 1. The smallest absolute Gasteiger partial charge is 0.254 e. The molecular formula is C20H23FN4O3S. The molecule has 2 unspecified atom stereocenters. The number of amides is 3. The lowest BCUT2D eigenvalue weighted by molar-refractivity contribution is -0.129. The van der Waals surface area contributed by atoms with Crippen LogP contribution < -0.4 is 16.4 Å². The normalized spacial score (nSPS) is 18.5. The number of thiophene rings is 1. The minimum Gasteiger partial charge on any atom is -0.398 e. The standard InChI is InChI=1S/C20H23FN4O3S/c1-11-5-14(15(21)6-16(11)22)20(28)24-17-9-25(8-12(17)2)18(26)7-23-19(27)13-3-4-29-10-13/h3-6,10,12,17H,7-9,22H2,1-2H3,(H,23,27)(H,24,28). The minimum absolute atomic E-state index is 0.00610. The monoisotopic (exact) mass is 418 g/mol. The molecule has 7 nitrogen and oxygen atoms in total. The van der Waals surface area contributed by atoms with E-state index in [1.165, 1.54) is 17.4 Å². The third-order valence-electron chi connectivity index (χ3n) is 5.07. The summed E-state index contributed by atoms with van der Waals surface area (Å²) in [5.41, 5.74) is 7.01. The van der Waals surface area contributed by atoms with Crippen molar-refractivity contribution in [3.8, 4) is 0 Å². The zero-order valence-corrected chi connectivity index (χ0v) is 17.0. The van der Waals surface area contributed by atoms with Gasteiger partial charge in [0.2, 0.25) is 5.91 Å². The van der Waals surface area contributed by atoms with Crippen molar-refractivity contribution in [1.29, 1.82) is 0 Å². The maximum Gasteiger partial charge on any atom is 0.254 e.